The van der Waals surface area contributed by atoms with Gasteiger partial charge < -0.3 is 10.2 Å². The topological polar surface area (TPSA) is 49.4 Å². The van der Waals surface area contributed by atoms with Crippen LogP contribution in [0.15, 0.2) is 18.2 Å². The average Bonchev–Trinajstić information content (AvgIpc) is 2.94. The number of hydrogen-bond acceptors (Lipinski definition) is 2. The Hall–Kier alpha value is -1.55. The van der Waals surface area contributed by atoms with Crippen LogP contribution in [0.2, 0.25) is 5.02 Å². The molecule has 1 saturated heterocycles. The first kappa shape index (κ1) is 16.3. The van der Waals surface area contributed by atoms with Crippen LogP contribution in [-0.4, -0.2) is 29.3 Å². The molecule has 1 saturated carbocycles. The molecule has 1 heterocycles. The standard InChI is InChI=1S/C18H23ClN2O2/c1-12-7-8-14(19)10-16(12)20-18(23)13-9-17(22)21(11-13)15-5-3-2-4-6-15/h7-8,10,13,15H,2-6,9,11H2,1H3,(H,20,23). The van der Waals surface area contributed by atoms with Crippen LogP contribution in [0.25, 0.3) is 0 Å². The lowest BCUT2D eigenvalue weighted by molar-refractivity contribution is -0.130. The number of anilines is 1. The highest BCUT2D eigenvalue weighted by atomic mass is 35.5. The minimum absolute atomic E-state index is 0.0815. The highest BCUT2D eigenvalue weighted by Gasteiger charge is 2.38. The molecule has 1 aromatic rings. The Labute approximate surface area is 142 Å². The quantitative estimate of drug-likeness (QED) is 0.914. The maximum atomic E-state index is 12.5. The zero-order chi connectivity index (χ0) is 16.4. The fraction of sp³-hybridized carbons (Fsp3) is 0.556. The maximum absolute atomic E-state index is 12.5. The minimum Gasteiger partial charge on any atom is -0.339 e. The number of halogens is 1. The van der Waals surface area contributed by atoms with Crippen LogP contribution in [0.3, 0.4) is 0 Å². The molecule has 0 bridgehead atoms. The van der Waals surface area contributed by atoms with Crippen molar-refractivity contribution in [2.45, 2.75) is 51.5 Å². The van der Waals surface area contributed by atoms with Crippen molar-refractivity contribution in [3.63, 3.8) is 0 Å². The number of nitrogens with one attached hydrogen (secondary N) is 1. The summed E-state index contributed by atoms with van der Waals surface area (Å²) < 4.78 is 0. The molecule has 3 rings (SSSR count). The molecule has 0 spiro atoms. The normalized spacial score (nSPS) is 22.4. The Morgan fingerprint density at radius 3 is 2.74 bits per heavy atom. The van der Waals surface area contributed by atoms with Crippen molar-refractivity contribution in [3.8, 4) is 0 Å². The summed E-state index contributed by atoms with van der Waals surface area (Å²) >= 11 is 5.99. The number of nitrogens with zero attached hydrogens (tertiary/aromatic N) is 1. The van der Waals surface area contributed by atoms with Crippen LogP contribution in [0.1, 0.15) is 44.1 Å². The van der Waals surface area contributed by atoms with Crippen molar-refractivity contribution in [1.29, 1.82) is 0 Å². The molecule has 0 aromatic heterocycles. The molecule has 23 heavy (non-hydrogen) atoms. The van der Waals surface area contributed by atoms with Gasteiger partial charge in [0, 0.05) is 29.7 Å². The van der Waals surface area contributed by atoms with Gasteiger partial charge in [0.25, 0.3) is 0 Å². The van der Waals surface area contributed by atoms with Gasteiger partial charge in [-0.05, 0) is 37.5 Å². The van der Waals surface area contributed by atoms with Crippen LogP contribution in [0.4, 0.5) is 5.69 Å². The summed E-state index contributed by atoms with van der Waals surface area (Å²) in [4.78, 5) is 26.7. The minimum atomic E-state index is -0.261. The maximum Gasteiger partial charge on any atom is 0.229 e. The lowest BCUT2D eigenvalue weighted by Gasteiger charge is -2.31. The number of benzene rings is 1. The summed E-state index contributed by atoms with van der Waals surface area (Å²) in [6.07, 6.45) is 6.11. The molecule has 1 aliphatic carbocycles. The van der Waals surface area contributed by atoms with Crippen LogP contribution in [-0.2, 0) is 9.59 Å². The van der Waals surface area contributed by atoms with Crippen LogP contribution >= 0.6 is 11.6 Å². The molecule has 1 aromatic carbocycles. The fourth-order valence-electron chi connectivity index (χ4n) is 3.62. The fourth-order valence-corrected chi connectivity index (χ4v) is 3.79. The van der Waals surface area contributed by atoms with Crippen molar-refractivity contribution in [2.24, 2.45) is 5.92 Å². The van der Waals surface area contributed by atoms with E-state index in [9.17, 15) is 9.59 Å². The molecule has 1 N–H and O–H groups in total. The summed E-state index contributed by atoms with van der Waals surface area (Å²) in [5.74, 6) is -0.218. The molecular formula is C18H23ClN2O2. The number of amides is 2. The highest BCUT2D eigenvalue weighted by Crippen LogP contribution is 2.29. The van der Waals surface area contributed by atoms with Crippen molar-refractivity contribution >= 4 is 29.1 Å². The number of aryl methyl sites for hydroxylation is 1. The lowest BCUT2D eigenvalue weighted by Crippen LogP contribution is -2.38. The number of rotatable bonds is 3. The van der Waals surface area contributed by atoms with Gasteiger partial charge in [-0.15, -0.1) is 0 Å². The molecule has 1 atom stereocenters. The smallest absolute Gasteiger partial charge is 0.229 e. The molecule has 2 amide bonds. The van der Waals surface area contributed by atoms with E-state index in [0.29, 0.717) is 24.0 Å². The second kappa shape index (κ2) is 6.91. The van der Waals surface area contributed by atoms with Crippen LogP contribution in [0.5, 0.6) is 0 Å². The molecular weight excluding hydrogens is 312 g/mol. The first-order valence-electron chi connectivity index (χ1n) is 8.41. The predicted molar refractivity (Wildman–Crippen MR) is 91.5 cm³/mol. The number of carbonyl (C=O) groups is 2. The number of carbonyl (C=O) groups excluding carboxylic acids is 2. The van der Waals surface area contributed by atoms with Gasteiger partial charge in [-0.25, -0.2) is 0 Å². The zero-order valence-electron chi connectivity index (χ0n) is 13.5. The first-order valence-corrected chi connectivity index (χ1v) is 8.79. The van der Waals surface area contributed by atoms with Crippen LogP contribution < -0.4 is 5.32 Å². The van der Waals surface area contributed by atoms with Crippen molar-refractivity contribution in [2.75, 3.05) is 11.9 Å². The number of likely N-dealkylation sites (tertiary alicyclic amines) is 1. The van der Waals surface area contributed by atoms with E-state index >= 15 is 0 Å². The average molecular weight is 335 g/mol. The van der Waals surface area contributed by atoms with Gasteiger partial charge in [0.15, 0.2) is 0 Å². The van der Waals surface area contributed by atoms with Gasteiger partial charge in [-0.1, -0.05) is 36.9 Å². The van der Waals surface area contributed by atoms with Gasteiger partial charge in [-0.2, -0.15) is 0 Å². The monoisotopic (exact) mass is 334 g/mol. The lowest BCUT2D eigenvalue weighted by atomic mass is 9.94. The third-order valence-corrected chi connectivity index (χ3v) is 5.24. The van der Waals surface area contributed by atoms with Gasteiger partial charge in [0.1, 0.15) is 0 Å². The third-order valence-electron chi connectivity index (χ3n) is 5.00. The third kappa shape index (κ3) is 3.69. The van der Waals surface area contributed by atoms with E-state index in [1.807, 2.05) is 17.9 Å². The van der Waals surface area contributed by atoms with E-state index in [2.05, 4.69) is 5.32 Å². The summed E-state index contributed by atoms with van der Waals surface area (Å²) in [6.45, 7) is 2.48. The zero-order valence-corrected chi connectivity index (χ0v) is 14.2. The van der Waals surface area contributed by atoms with Crippen LogP contribution in [0, 0.1) is 12.8 Å². The van der Waals surface area contributed by atoms with E-state index in [-0.39, 0.29) is 17.7 Å². The van der Waals surface area contributed by atoms with Crippen molar-refractivity contribution in [1.82, 2.24) is 4.90 Å². The molecule has 1 aliphatic heterocycles. The molecule has 2 fully saturated rings. The summed E-state index contributed by atoms with van der Waals surface area (Å²) in [6, 6.07) is 5.77. The molecule has 4 nitrogen and oxygen atoms in total. The number of hydrogen-bond donors (Lipinski definition) is 1. The Bertz CT molecular complexity index is 611. The Balaban J connectivity index is 1.64. The van der Waals surface area contributed by atoms with Gasteiger partial charge >= 0.3 is 0 Å². The second-order valence-electron chi connectivity index (χ2n) is 6.69. The second-order valence-corrected chi connectivity index (χ2v) is 7.12. The van der Waals surface area contributed by atoms with Crippen molar-refractivity contribution in [3.05, 3.63) is 28.8 Å². The summed E-state index contributed by atoms with van der Waals surface area (Å²) in [5, 5.41) is 3.53. The Kier molecular flexibility index (Phi) is 4.90. The molecule has 0 radical (unpaired) electrons. The van der Waals surface area contributed by atoms with E-state index in [4.69, 9.17) is 11.6 Å². The van der Waals surface area contributed by atoms with Gasteiger partial charge in [-0.3, -0.25) is 9.59 Å². The van der Waals surface area contributed by atoms with Crippen molar-refractivity contribution < 1.29 is 9.59 Å². The Morgan fingerprint density at radius 2 is 2.00 bits per heavy atom. The molecule has 2 aliphatic rings. The van der Waals surface area contributed by atoms with E-state index < -0.39 is 0 Å². The molecule has 1 unspecified atom stereocenters. The van der Waals surface area contributed by atoms with Gasteiger partial charge in [0.05, 0.1) is 5.92 Å². The van der Waals surface area contributed by atoms with E-state index in [1.165, 1.54) is 19.3 Å². The van der Waals surface area contributed by atoms with E-state index in [1.54, 1.807) is 12.1 Å². The van der Waals surface area contributed by atoms with E-state index in [0.717, 1.165) is 24.1 Å². The molecule has 5 heteroatoms. The largest absolute Gasteiger partial charge is 0.339 e. The SMILES string of the molecule is Cc1ccc(Cl)cc1NC(=O)C1CC(=O)N(C2CCCCC2)C1. The molecule has 124 valence electrons. The predicted octanol–water partition coefficient (Wildman–Crippen LogP) is 3.77. The first-order chi connectivity index (χ1) is 11.0. The Morgan fingerprint density at radius 1 is 1.26 bits per heavy atom. The summed E-state index contributed by atoms with van der Waals surface area (Å²) in [7, 11) is 0. The highest BCUT2D eigenvalue weighted by molar-refractivity contribution is 6.31. The van der Waals surface area contributed by atoms with Gasteiger partial charge in [0.2, 0.25) is 11.8 Å². The summed E-state index contributed by atoms with van der Waals surface area (Å²) in [5.41, 5.74) is 1.70.